The summed E-state index contributed by atoms with van der Waals surface area (Å²) in [7, 11) is 0. The zero-order chi connectivity index (χ0) is 18.7. The van der Waals surface area contributed by atoms with E-state index in [1.165, 1.54) is 102 Å². The van der Waals surface area contributed by atoms with E-state index in [1.807, 2.05) is 0 Å². The van der Waals surface area contributed by atoms with Gasteiger partial charge in [0.15, 0.2) is 0 Å². The van der Waals surface area contributed by atoms with Crippen LogP contribution in [0.1, 0.15) is 123 Å². The molecule has 0 heterocycles. The summed E-state index contributed by atoms with van der Waals surface area (Å²) >= 11 is 0. The molecular weight excluding hydrogens is 314 g/mol. The Kier molecular flexibility index (Phi) is 9.80. The maximum atomic E-state index is 9.99. The third-order valence-electron chi connectivity index (χ3n) is 7.24. The molecule has 1 heteroatoms. The molecule has 0 N–H and O–H groups in total. The Balaban J connectivity index is 1.76. The van der Waals surface area contributed by atoms with Crippen molar-refractivity contribution in [2.45, 2.75) is 123 Å². The minimum absolute atomic E-state index is 0.0899. The first-order valence-corrected chi connectivity index (χ1v) is 11.8. The van der Waals surface area contributed by atoms with Crippen LogP contribution in [-0.4, -0.2) is 0 Å². The number of unbranched alkanes of at least 4 members (excludes halogenated alkanes) is 6. The molecule has 1 unspecified atom stereocenters. The van der Waals surface area contributed by atoms with Crippen LogP contribution in [-0.2, 0) is 0 Å². The fraction of sp³-hybridized carbons (Fsp3) is 0.880. The summed E-state index contributed by atoms with van der Waals surface area (Å²) in [4.78, 5) is 0. The SMILES string of the molecule is CCCCCCCC1CC=C(C2(C#N)CCC(CCCCC)CC2)CC1. The van der Waals surface area contributed by atoms with E-state index in [0.717, 1.165) is 24.7 Å². The molecule has 1 fully saturated rings. The molecule has 0 aromatic heterocycles. The van der Waals surface area contributed by atoms with Crippen molar-refractivity contribution in [3.63, 3.8) is 0 Å². The van der Waals surface area contributed by atoms with Gasteiger partial charge in [-0.25, -0.2) is 0 Å². The Bertz CT molecular complexity index is 447. The second-order valence-corrected chi connectivity index (χ2v) is 9.21. The lowest BCUT2D eigenvalue weighted by atomic mass is 9.64. The molecule has 1 nitrogen and oxygen atoms in total. The number of allylic oxidation sites excluding steroid dienone is 2. The number of nitrogens with zero attached hydrogens (tertiary/aromatic N) is 1. The highest BCUT2D eigenvalue weighted by Gasteiger charge is 2.39. The number of nitriles is 1. The van der Waals surface area contributed by atoms with Crippen LogP contribution in [0.25, 0.3) is 0 Å². The average Bonchev–Trinajstić information content (AvgIpc) is 2.69. The molecule has 1 atom stereocenters. The topological polar surface area (TPSA) is 23.8 Å². The Morgan fingerprint density at radius 3 is 2.12 bits per heavy atom. The van der Waals surface area contributed by atoms with Gasteiger partial charge < -0.3 is 0 Å². The van der Waals surface area contributed by atoms with Gasteiger partial charge in [0.25, 0.3) is 0 Å². The van der Waals surface area contributed by atoms with Crippen LogP contribution >= 0.6 is 0 Å². The Hall–Kier alpha value is -0.770. The quantitative estimate of drug-likeness (QED) is 0.269. The highest BCUT2D eigenvalue weighted by molar-refractivity contribution is 5.26. The van der Waals surface area contributed by atoms with Crippen molar-refractivity contribution in [3.05, 3.63) is 11.6 Å². The molecule has 0 radical (unpaired) electrons. The van der Waals surface area contributed by atoms with Crippen LogP contribution < -0.4 is 0 Å². The molecule has 1 saturated carbocycles. The van der Waals surface area contributed by atoms with E-state index in [-0.39, 0.29) is 5.41 Å². The van der Waals surface area contributed by atoms with Gasteiger partial charge in [0.2, 0.25) is 0 Å². The molecule has 0 bridgehead atoms. The summed E-state index contributed by atoms with van der Waals surface area (Å²) < 4.78 is 0. The molecule has 0 saturated heterocycles. The molecule has 0 aliphatic heterocycles. The first-order chi connectivity index (χ1) is 12.7. The summed E-state index contributed by atoms with van der Waals surface area (Å²) in [6.45, 7) is 4.58. The molecule has 2 rings (SSSR count). The van der Waals surface area contributed by atoms with Gasteiger partial charge in [-0.3, -0.25) is 0 Å². The predicted molar refractivity (Wildman–Crippen MR) is 113 cm³/mol. The minimum atomic E-state index is -0.0899. The van der Waals surface area contributed by atoms with Crippen molar-refractivity contribution in [1.82, 2.24) is 0 Å². The van der Waals surface area contributed by atoms with Gasteiger partial charge in [-0.05, 0) is 56.8 Å². The van der Waals surface area contributed by atoms with Crippen molar-refractivity contribution in [2.24, 2.45) is 17.3 Å². The molecule has 0 spiro atoms. The van der Waals surface area contributed by atoms with E-state index < -0.39 is 0 Å². The Labute approximate surface area is 163 Å². The minimum Gasteiger partial charge on any atom is -0.197 e. The summed E-state index contributed by atoms with van der Waals surface area (Å²) in [6, 6.07) is 2.79. The summed E-state index contributed by atoms with van der Waals surface area (Å²) in [5.41, 5.74) is 1.43. The molecule has 2 aliphatic rings. The lowest BCUT2D eigenvalue weighted by molar-refractivity contribution is 0.221. The third-order valence-corrected chi connectivity index (χ3v) is 7.24. The van der Waals surface area contributed by atoms with Gasteiger partial charge in [0, 0.05) is 0 Å². The third kappa shape index (κ3) is 6.44. The summed E-state index contributed by atoms with van der Waals surface area (Å²) in [5.74, 6) is 1.78. The number of hydrogen-bond donors (Lipinski definition) is 0. The normalized spacial score (nSPS) is 29.2. The van der Waals surface area contributed by atoms with Gasteiger partial charge in [-0.2, -0.15) is 5.26 Å². The van der Waals surface area contributed by atoms with Crippen molar-refractivity contribution in [2.75, 3.05) is 0 Å². The van der Waals surface area contributed by atoms with Crippen LogP contribution in [0.5, 0.6) is 0 Å². The predicted octanol–water partition coefficient (Wildman–Crippen LogP) is 8.35. The van der Waals surface area contributed by atoms with E-state index in [1.54, 1.807) is 0 Å². The zero-order valence-corrected chi connectivity index (χ0v) is 17.7. The number of hydrogen-bond acceptors (Lipinski definition) is 1. The molecule has 0 amide bonds. The van der Waals surface area contributed by atoms with Gasteiger partial charge in [-0.1, -0.05) is 89.7 Å². The average molecular weight is 358 g/mol. The zero-order valence-electron chi connectivity index (χ0n) is 17.7. The Morgan fingerprint density at radius 2 is 1.50 bits per heavy atom. The van der Waals surface area contributed by atoms with Gasteiger partial charge in [0.1, 0.15) is 0 Å². The number of rotatable bonds is 11. The van der Waals surface area contributed by atoms with Crippen molar-refractivity contribution in [3.8, 4) is 6.07 Å². The van der Waals surface area contributed by atoms with Crippen molar-refractivity contribution < 1.29 is 0 Å². The first kappa shape index (κ1) is 21.5. The molecule has 2 aliphatic carbocycles. The first-order valence-electron chi connectivity index (χ1n) is 11.8. The van der Waals surface area contributed by atoms with Gasteiger partial charge >= 0.3 is 0 Å². The highest BCUT2D eigenvalue weighted by Crippen LogP contribution is 2.48. The van der Waals surface area contributed by atoms with Crippen LogP contribution in [0.15, 0.2) is 11.6 Å². The van der Waals surface area contributed by atoms with E-state index in [2.05, 4.69) is 26.0 Å². The maximum absolute atomic E-state index is 9.99. The second kappa shape index (κ2) is 11.8. The van der Waals surface area contributed by atoms with E-state index in [0.29, 0.717) is 0 Å². The lowest BCUT2D eigenvalue weighted by Gasteiger charge is -2.39. The fourth-order valence-electron chi connectivity index (χ4n) is 5.27. The van der Waals surface area contributed by atoms with Crippen LogP contribution in [0.4, 0.5) is 0 Å². The summed E-state index contributed by atoms with van der Waals surface area (Å²) in [6.07, 6.45) is 25.0. The van der Waals surface area contributed by atoms with Crippen LogP contribution in [0, 0.1) is 28.6 Å². The standard InChI is InChI=1S/C25H43N/c1-3-5-7-8-10-12-22-13-15-24(16-14-22)25(21-26)19-17-23(18-20-25)11-9-6-4-2/h15,22-23H,3-14,16-20H2,1-2H3. The molecular formula is C25H43N. The van der Waals surface area contributed by atoms with Gasteiger partial charge in [0.05, 0.1) is 11.5 Å². The van der Waals surface area contributed by atoms with Gasteiger partial charge in [-0.15, -0.1) is 0 Å². The second-order valence-electron chi connectivity index (χ2n) is 9.21. The summed E-state index contributed by atoms with van der Waals surface area (Å²) in [5, 5.41) is 9.99. The van der Waals surface area contributed by atoms with Crippen molar-refractivity contribution >= 4 is 0 Å². The Morgan fingerprint density at radius 1 is 0.885 bits per heavy atom. The fourth-order valence-corrected chi connectivity index (χ4v) is 5.27. The van der Waals surface area contributed by atoms with Crippen LogP contribution in [0.3, 0.4) is 0 Å². The van der Waals surface area contributed by atoms with Crippen molar-refractivity contribution in [1.29, 1.82) is 5.26 Å². The highest BCUT2D eigenvalue weighted by atomic mass is 14.4. The van der Waals surface area contributed by atoms with E-state index in [4.69, 9.17) is 0 Å². The largest absolute Gasteiger partial charge is 0.197 e. The van der Waals surface area contributed by atoms with E-state index >= 15 is 0 Å². The molecule has 148 valence electrons. The molecule has 0 aromatic rings. The molecule has 0 aromatic carbocycles. The smallest absolute Gasteiger partial charge is 0.0782 e. The monoisotopic (exact) mass is 357 g/mol. The van der Waals surface area contributed by atoms with E-state index in [9.17, 15) is 5.26 Å². The molecule has 26 heavy (non-hydrogen) atoms. The maximum Gasteiger partial charge on any atom is 0.0782 e. The lowest BCUT2D eigenvalue weighted by Crippen LogP contribution is -2.29. The van der Waals surface area contributed by atoms with Crippen LogP contribution in [0.2, 0.25) is 0 Å².